The molecular weight excluding hydrogens is 188 g/mol. The van der Waals surface area contributed by atoms with Crippen LogP contribution in [0, 0.1) is 0 Å². The van der Waals surface area contributed by atoms with E-state index in [0.717, 1.165) is 13.1 Å². The fourth-order valence-electron chi connectivity index (χ4n) is 2.95. The van der Waals surface area contributed by atoms with Crippen molar-refractivity contribution < 1.29 is 4.79 Å². The first kappa shape index (κ1) is 10.9. The van der Waals surface area contributed by atoms with Crippen molar-refractivity contribution in [2.24, 2.45) is 0 Å². The second-order valence-corrected chi connectivity index (χ2v) is 5.09. The molecule has 15 heavy (non-hydrogen) atoms. The van der Waals surface area contributed by atoms with Crippen molar-refractivity contribution in [2.75, 3.05) is 13.1 Å². The van der Waals surface area contributed by atoms with Gasteiger partial charge in [0.25, 0.3) is 0 Å². The second-order valence-electron chi connectivity index (χ2n) is 5.09. The van der Waals surface area contributed by atoms with Crippen molar-refractivity contribution in [3.05, 3.63) is 0 Å². The first-order valence-electron chi connectivity index (χ1n) is 6.18. The summed E-state index contributed by atoms with van der Waals surface area (Å²) in [6, 6.07) is 1.61. The smallest absolute Gasteiger partial charge is 0.222 e. The minimum absolute atomic E-state index is 0.353. The predicted octanol–water partition coefficient (Wildman–Crippen LogP) is 1.48. The summed E-state index contributed by atoms with van der Waals surface area (Å²) in [4.78, 5) is 16.5. The molecule has 2 unspecified atom stereocenters. The summed E-state index contributed by atoms with van der Waals surface area (Å²) in [7, 11) is 0. The first-order valence-corrected chi connectivity index (χ1v) is 6.18. The minimum Gasteiger partial charge on any atom is -0.334 e. The Morgan fingerprint density at radius 3 is 2.20 bits per heavy atom. The van der Waals surface area contributed by atoms with Gasteiger partial charge in [0.15, 0.2) is 0 Å². The van der Waals surface area contributed by atoms with Gasteiger partial charge in [-0.05, 0) is 26.7 Å². The molecule has 2 saturated heterocycles. The number of amides is 1. The van der Waals surface area contributed by atoms with Crippen molar-refractivity contribution in [2.45, 2.75) is 58.2 Å². The maximum Gasteiger partial charge on any atom is 0.222 e. The molecule has 2 aliphatic heterocycles. The number of carbonyl (C=O) groups is 1. The highest BCUT2D eigenvalue weighted by Gasteiger charge is 2.42. The van der Waals surface area contributed by atoms with Crippen LogP contribution in [0.15, 0.2) is 0 Å². The monoisotopic (exact) mass is 210 g/mol. The van der Waals surface area contributed by atoms with E-state index in [0.29, 0.717) is 30.5 Å². The Balaban J connectivity index is 2.06. The highest BCUT2D eigenvalue weighted by molar-refractivity contribution is 5.77. The average molecular weight is 210 g/mol. The van der Waals surface area contributed by atoms with Crippen LogP contribution in [0.1, 0.15) is 40.0 Å². The van der Waals surface area contributed by atoms with E-state index in [2.05, 4.69) is 23.6 Å². The molecule has 0 spiro atoms. The molecular formula is C12H22N2O. The lowest BCUT2D eigenvalue weighted by molar-refractivity contribution is -0.137. The molecule has 0 aromatic carbocycles. The van der Waals surface area contributed by atoms with Crippen molar-refractivity contribution >= 4 is 5.91 Å². The summed E-state index contributed by atoms with van der Waals surface area (Å²) in [6.45, 7) is 8.63. The summed E-state index contributed by atoms with van der Waals surface area (Å²) in [6.07, 6.45) is 3.08. The standard InChI is InChI=1S/C12H22N2O/c1-4-12(15)14-10-5-6-11(14)8-13(7-10)9(2)3/h9-11H,4-8H2,1-3H3. The largest absolute Gasteiger partial charge is 0.334 e. The number of hydrogen-bond donors (Lipinski definition) is 0. The Labute approximate surface area is 92.4 Å². The van der Waals surface area contributed by atoms with Crippen LogP contribution in [0.2, 0.25) is 0 Å². The third-order valence-electron chi connectivity index (χ3n) is 3.83. The van der Waals surface area contributed by atoms with Gasteiger partial charge >= 0.3 is 0 Å². The fraction of sp³-hybridized carbons (Fsp3) is 0.917. The minimum atomic E-state index is 0.353. The van der Waals surface area contributed by atoms with Crippen LogP contribution >= 0.6 is 0 Å². The van der Waals surface area contributed by atoms with Crippen molar-refractivity contribution in [1.82, 2.24) is 9.80 Å². The molecule has 2 heterocycles. The molecule has 0 radical (unpaired) electrons. The van der Waals surface area contributed by atoms with E-state index in [4.69, 9.17) is 0 Å². The van der Waals surface area contributed by atoms with Gasteiger partial charge in [-0.1, -0.05) is 6.92 Å². The van der Waals surface area contributed by atoms with Gasteiger partial charge in [-0.2, -0.15) is 0 Å². The van der Waals surface area contributed by atoms with Crippen molar-refractivity contribution in [1.29, 1.82) is 0 Å². The predicted molar refractivity (Wildman–Crippen MR) is 60.7 cm³/mol. The molecule has 0 aromatic rings. The quantitative estimate of drug-likeness (QED) is 0.689. The Kier molecular flexibility index (Phi) is 3.01. The van der Waals surface area contributed by atoms with Crippen LogP contribution in [0.4, 0.5) is 0 Å². The summed E-state index contributed by atoms with van der Waals surface area (Å²) in [5, 5.41) is 0. The van der Waals surface area contributed by atoms with Gasteiger partial charge in [0.1, 0.15) is 0 Å². The zero-order valence-corrected chi connectivity index (χ0v) is 10.1. The molecule has 3 heteroatoms. The molecule has 2 atom stereocenters. The lowest BCUT2D eigenvalue weighted by Gasteiger charge is -2.42. The zero-order chi connectivity index (χ0) is 11.0. The molecule has 0 aliphatic carbocycles. The number of piperazine rings is 1. The lowest BCUT2D eigenvalue weighted by Crippen LogP contribution is -2.57. The molecule has 3 nitrogen and oxygen atoms in total. The first-order chi connectivity index (χ1) is 7.13. The normalized spacial score (nSPS) is 31.3. The maximum absolute atomic E-state index is 11.8. The van der Waals surface area contributed by atoms with Gasteiger partial charge in [0.05, 0.1) is 0 Å². The van der Waals surface area contributed by atoms with E-state index in [1.165, 1.54) is 12.8 Å². The summed E-state index contributed by atoms with van der Waals surface area (Å²) >= 11 is 0. The summed E-state index contributed by atoms with van der Waals surface area (Å²) in [5.74, 6) is 0.353. The SMILES string of the molecule is CCC(=O)N1C2CCC1CN(C(C)C)C2. The van der Waals surface area contributed by atoms with Crippen LogP contribution in [-0.2, 0) is 4.79 Å². The van der Waals surface area contributed by atoms with Crippen molar-refractivity contribution in [3.63, 3.8) is 0 Å². The highest BCUT2D eigenvalue weighted by atomic mass is 16.2. The van der Waals surface area contributed by atoms with Crippen LogP contribution in [-0.4, -0.2) is 46.9 Å². The Bertz CT molecular complexity index is 238. The molecule has 1 amide bonds. The van der Waals surface area contributed by atoms with Gasteiger partial charge in [-0.25, -0.2) is 0 Å². The van der Waals surface area contributed by atoms with E-state index < -0.39 is 0 Å². The highest BCUT2D eigenvalue weighted by Crippen LogP contribution is 2.31. The molecule has 0 N–H and O–H groups in total. The Morgan fingerprint density at radius 1 is 1.27 bits per heavy atom. The van der Waals surface area contributed by atoms with E-state index in [1.807, 2.05) is 6.92 Å². The molecule has 2 bridgehead atoms. The van der Waals surface area contributed by atoms with Gasteiger partial charge in [0, 0.05) is 37.6 Å². The summed E-state index contributed by atoms with van der Waals surface area (Å²) in [5.41, 5.74) is 0. The number of carbonyl (C=O) groups excluding carboxylic acids is 1. The Morgan fingerprint density at radius 2 is 1.80 bits per heavy atom. The van der Waals surface area contributed by atoms with Gasteiger partial charge in [-0.15, -0.1) is 0 Å². The lowest BCUT2D eigenvalue weighted by atomic mass is 10.1. The average Bonchev–Trinajstić information content (AvgIpc) is 2.47. The molecule has 2 rings (SSSR count). The number of nitrogens with zero attached hydrogens (tertiary/aromatic N) is 2. The molecule has 0 aromatic heterocycles. The van der Waals surface area contributed by atoms with Gasteiger partial charge in [0.2, 0.25) is 5.91 Å². The molecule has 0 saturated carbocycles. The third-order valence-corrected chi connectivity index (χ3v) is 3.83. The number of hydrogen-bond acceptors (Lipinski definition) is 2. The topological polar surface area (TPSA) is 23.6 Å². The van der Waals surface area contributed by atoms with Crippen LogP contribution < -0.4 is 0 Å². The van der Waals surface area contributed by atoms with Crippen LogP contribution in [0.3, 0.4) is 0 Å². The number of likely N-dealkylation sites (tertiary alicyclic amines) is 1. The van der Waals surface area contributed by atoms with Gasteiger partial charge in [-0.3, -0.25) is 9.69 Å². The second kappa shape index (κ2) is 4.12. The zero-order valence-electron chi connectivity index (χ0n) is 10.1. The maximum atomic E-state index is 11.8. The summed E-state index contributed by atoms with van der Waals surface area (Å²) < 4.78 is 0. The molecule has 2 aliphatic rings. The number of rotatable bonds is 2. The van der Waals surface area contributed by atoms with E-state index in [-0.39, 0.29) is 0 Å². The van der Waals surface area contributed by atoms with Crippen molar-refractivity contribution in [3.8, 4) is 0 Å². The molecule has 86 valence electrons. The third kappa shape index (κ3) is 1.89. The fourth-order valence-corrected chi connectivity index (χ4v) is 2.95. The van der Waals surface area contributed by atoms with Crippen LogP contribution in [0.5, 0.6) is 0 Å². The van der Waals surface area contributed by atoms with E-state index in [9.17, 15) is 4.79 Å². The van der Waals surface area contributed by atoms with Crippen LogP contribution in [0.25, 0.3) is 0 Å². The number of fused-ring (bicyclic) bond motifs is 2. The van der Waals surface area contributed by atoms with E-state index >= 15 is 0 Å². The molecule has 2 fully saturated rings. The van der Waals surface area contributed by atoms with Gasteiger partial charge < -0.3 is 4.90 Å². The van der Waals surface area contributed by atoms with E-state index in [1.54, 1.807) is 0 Å². The Hall–Kier alpha value is -0.570.